The Balaban J connectivity index is 1.78. The lowest BCUT2D eigenvalue weighted by molar-refractivity contribution is 0.0998. The maximum Gasteiger partial charge on any atom is 0.111 e. The number of rotatable bonds is 4. The summed E-state index contributed by atoms with van der Waals surface area (Å²) in [5.41, 5.74) is 2.72. The molecule has 3 rings (SSSR count). The van der Waals surface area contributed by atoms with E-state index in [1.807, 2.05) is 0 Å². The fourth-order valence-corrected chi connectivity index (χ4v) is 3.23. The largest absolute Gasteiger partial charge is 0.378 e. The zero-order valence-electron chi connectivity index (χ0n) is 12.1. The van der Waals surface area contributed by atoms with Crippen LogP contribution in [0.25, 0.3) is 0 Å². The predicted octanol–water partition coefficient (Wildman–Crippen LogP) is 2.22. The van der Waals surface area contributed by atoms with Crippen molar-refractivity contribution in [2.75, 3.05) is 13.2 Å². The summed E-state index contributed by atoms with van der Waals surface area (Å²) in [4.78, 5) is 4.86. The van der Waals surface area contributed by atoms with Crippen molar-refractivity contribution < 1.29 is 4.74 Å². The van der Waals surface area contributed by atoms with Gasteiger partial charge in [0.25, 0.3) is 0 Å². The van der Waals surface area contributed by atoms with E-state index < -0.39 is 0 Å². The Morgan fingerprint density at radius 2 is 2.37 bits per heavy atom. The molecule has 0 saturated carbocycles. The van der Waals surface area contributed by atoms with E-state index in [1.165, 1.54) is 30.1 Å². The Labute approximate surface area is 115 Å². The summed E-state index contributed by atoms with van der Waals surface area (Å²) in [6.07, 6.45) is 5.18. The second-order valence-corrected chi connectivity index (χ2v) is 6.02. The molecule has 3 heterocycles. The SMILES string of the molecule is CC(C)c1nc2c(n1CCC1CCCO1)CCNC2. The lowest BCUT2D eigenvalue weighted by Crippen LogP contribution is -2.25. The zero-order chi connectivity index (χ0) is 13.2. The van der Waals surface area contributed by atoms with Gasteiger partial charge >= 0.3 is 0 Å². The highest BCUT2D eigenvalue weighted by atomic mass is 16.5. The molecule has 106 valence electrons. The molecule has 1 aromatic heterocycles. The quantitative estimate of drug-likeness (QED) is 0.905. The molecule has 0 amide bonds. The van der Waals surface area contributed by atoms with Crippen molar-refractivity contribution in [2.24, 2.45) is 0 Å². The van der Waals surface area contributed by atoms with Crippen LogP contribution < -0.4 is 5.32 Å². The average Bonchev–Trinajstić information content (AvgIpc) is 3.03. The van der Waals surface area contributed by atoms with Gasteiger partial charge < -0.3 is 14.6 Å². The summed E-state index contributed by atoms with van der Waals surface area (Å²) in [7, 11) is 0. The van der Waals surface area contributed by atoms with Crippen LogP contribution in [0.3, 0.4) is 0 Å². The van der Waals surface area contributed by atoms with Crippen LogP contribution in [-0.2, 0) is 24.2 Å². The van der Waals surface area contributed by atoms with Crippen LogP contribution in [0.4, 0.5) is 0 Å². The minimum atomic E-state index is 0.472. The predicted molar refractivity (Wildman–Crippen MR) is 75.3 cm³/mol. The molecule has 1 aromatic rings. The van der Waals surface area contributed by atoms with Crippen molar-refractivity contribution in [1.82, 2.24) is 14.9 Å². The monoisotopic (exact) mass is 263 g/mol. The summed E-state index contributed by atoms with van der Waals surface area (Å²) in [6, 6.07) is 0. The van der Waals surface area contributed by atoms with E-state index >= 15 is 0 Å². The van der Waals surface area contributed by atoms with Crippen molar-refractivity contribution in [3.8, 4) is 0 Å². The van der Waals surface area contributed by atoms with Crippen LogP contribution in [0.5, 0.6) is 0 Å². The van der Waals surface area contributed by atoms with E-state index in [4.69, 9.17) is 9.72 Å². The summed E-state index contributed by atoms with van der Waals surface area (Å²) < 4.78 is 8.22. The molecule has 0 aliphatic carbocycles. The first-order valence-corrected chi connectivity index (χ1v) is 7.66. The third kappa shape index (κ3) is 2.70. The number of hydrogen-bond acceptors (Lipinski definition) is 3. The molecular formula is C15H25N3O. The molecule has 4 heteroatoms. The molecule has 1 atom stereocenters. The van der Waals surface area contributed by atoms with Gasteiger partial charge in [-0.05, 0) is 19.3 Å². The van der Waals surface area contributed by atoms with Crippen LogP contribution in [0.15, 0.2) is 0 Å². The first kappa shape index (κ1) is 13.1. The number of imidazole rings is 1. The van der Waals surface area contributed by atoms with Crippen molar-refractivity contribution in [3.05, 3.63) is 17.2 Å². The van der Waals surface area contributed by atoms with Gasteiger partial charge in [-0.15, -0.1) is 0 Å². The van der Waals surface area contributed by atoms with Crippen molar-refractivity contribution in [2.45, 2.75) is 64.6 Å². The Morgan fingerprint density at radius 1 is 1.47 bits per heavy atom. The molecule has 2 aliphatic rings. The van der Waals surface area contributed by atoms with Crippen LogP contribution >= 0.6 is 0 Å². The van der Waals surface area contributed by atoms with Crippen molar-refractivity contribution in [1.29, 1.82) is 0 Å². The third-order valence-corrected chi connectivity index (χ3v) is 4.23. The molecule has 1 saturated heterocycles. The maximum atomic E-state index is 5.75. The summed E-state index contributed by atoms with van der Waals surface area (Å²) in [5.74, 6) is 1.75. The molecule has 19 heavy (non-hydrogen) atoms. The second kappa shape index (κ2) is 5.63. The average molecular weight is 263 g/mol. The van der Waals surface area contributed by atoms with E-state index in [-0.39, 0.29) is 0 Å². The summed E-state index contributed by atoms with van der Waals surface area (Å²) in [5, 5.41) is 3.42. The van der Waals surface area contributed by atoms with Gasteiger partial charge in [0.2, 0.25) is 0 Å². The normalized spacial score (nSPS) is 23.0. The van der Waals surface area contributed by atoms with E-state index in [2.05, 4.69) is 23.7 Å². The Hall–Kier alpha value is -0.870. The van der Waals surface area contributed by atoms with Crippen molar-refractivity contribution in [3.63, 3.8) is 0 Å². The molecule has 0 radical (unpaired) electrons. The Kier molecular flexibility index (Phi) is 3.89. The summed E-state index contributed by atoms with van der Waals surface area (Å²) >= 11 is 0. The lowest BCUT2D eigenvalue weighted by atomic mass is 10.1. The highest BCUT2D eigenvalue weighted by Crippen LogP contribution is 2.24. The minimum Gasteiger partial charge on any atom is -0.378 e. The minimum absolute atomic E-state index is 0.472. The molecule has 1 unspecified atom stereocenters. The molecule has 0 bridgehead atoms. The van der Waals surface area contributed by atoms with Gasteiger partial charge in [-0.2, -0.15) is 0 Å². The van der Waals surface area contributed by atoms with Crippen molar-refractivity contribution >= 4 is 0 Å². The summed E-state index contributed by atoms with van der Waals surface area (Å²) in [6.45, 7) is 8.51. The van der Waals surface area contributed by atoms with Crippen LogP contribution in [0.2, 0.25) is 0 Å². The molecule has 1 N–H and O–H groups in total. The molecule has 2 aliphatic heterocycles. The Bertz CT molecular complexity index is 433. The van der Waals surface area contributed by atoms with E-state index in [1.54, 1.807) is 0 Å². The van der Waals surface area contributed by atoms with Gasteiger partial charge in [0.05, 0.1) is 11.8 Å². The number of hydrogen-bond donors (Lipinski definition) is 1. The number of aromatic nitrogens is 2. The highest BCUT2D eigenvalue weighted by molar-refractivity contribution is 5.21. The van der Waals surface area contributed by atoms with E-state index in [0.29, 0.717) is 12.0 Å². The second-order valence-electron chi connectivity index (χ2n) is 6.02. The maximum absolute atomic E-state index is 5.75. The van der Waals surface area contributed by atoms with E-state index in [9.17, 15) is 0 Å². The number of nitrogens with one attached hydrogen (secondary N) is 1. The lowest BCUT2D eigenvalue weighted by Gasteiger charge is -2.18. The number of ether oxygens (including phenoxy) is 1. The van der Waals surface area contributed by atoms with Gasteiger partial charge in [-0.1, -0.05) is 13.8 Å². The standard InChI is InChI=1S/C15H25N3O/c1-11(2)15-17-13-10-16-7-5-14(13)18(15)8-6-12-4-3-9-19-12/h11-12,16H,3-10H2,1-2H3. The van der Waals surface area contributed by atoms with Crippen LogP contribution in [-0.4, -0.2) is 28.8 Å². The Morgan fingerprint density at radius 3 is 3.11 bits per heavy atom. The first-order chi connectivity index (χ1) is 9.25. The molecule has 4 nitrogen and oxygen atoms in total. The molecular weight excluding hydrogens is 238 g/mol. The van der Waals surface area contributed by atoms with Gasteiger partial charge in [-0.3, -0.25) is 0 Å². The van der Waals surface area contributed by atoms with Gasteiger partial charge in [0.15, 0.2) is 0 Å². The number of nitrogens with zero attached hydrogens (tertiary/aromatic N) is 2. The van der Waals surface area contributed by atoms with E-state index in [0.717, 1.165) is 39.1 Å². The topological polar surface area (TPSA) is 39.1 Å². The van der Waals surface area contributed by atoms with Crippen LogP contribution in [0.1, 0.15) is 56.2 Å². The van der Waals surface area contributed by atoms with Gasteiger partial charge in [-0.25, -0.2) is 4.98 Å². The molecule has 0 aromatic carbocycles. The van der Waals surface area contributed by atoms with Crippen LogP contribution in [0, 0.1) is 0 Å². The fourth-order valence-electron chi connectivity index (χ4n) is 3.23. The van der Waals surface area contributed by atoms with Gasteiger partial charge in [0.1, 0.15) is 5.82 Å². The zero-order valence-corrected chi connectivity index (χ0v) is 12.1. The molecule has 0 spiro atoms. The first-order valence-electron chi connectivity index (χ1n) is 7.66. The smallest absolute Gasteiger partial charge is 0.111 e. The van der Waals surface area contributed by atoms with Gasteiger partial charge in [0, 0.05) is 44.3 Å². The number of fused-ring (bicyclic) bond motifs is 1. The third-order valence-electron chi connectivity index (χ3n) is 4.23. The molecule has 1 fully saturated rings. The highest BCUT2D eigenvalue weighted by Gasteiger charge is 2.22. The fraction of sp³-hybridized carbons (Fsp3) is 0.800.